The molecule has 2 rings (SSSR count). The quantitative estimate of drug-likeness (QED) is 0.584. The van der Waals surface area contributed by atoms with E-state index < -0.39 is 11.2 Å². The first-order chi connectivity index (χ1) is 9.66. The van der Waals surface area contributed by atoms with Gasteiger partial charge in [-0.3, -0.25) is 4.79 Å². The highest BCUT2D eigenvalue weighted by atomic mass is 32.2. The summed E-state index contributed by atoms with van der Waals surface area (Å²) < 4.78 is 13.3. The van der Waals surface area contributed by atoms with Crippen molar-refractivity contribution in [2.45, 2.75) is 39.2 Å². The van der Waals surface area contributed by atoms with Crippen LogP contribution in [0.15, 0.2) is 6.20 Å². The third-order valence-corrected chi connectivity index (χ3v) is 4.95. The Hall–Kier alpha value is -1.01. The van der Waals surface area contributed by atoms with Gasteiger partial charge in [0.15, 0.2) is 0 Å². The van der Waals surface area contributed by atoms with Crippen molar-refractivity contribution in [2.24, 2.45) is 0 Å². The Labute approximate surface area is 123 Å². The number of amides is 1. The van der Waals surface area contributed by atoms with Crippen LogP contribution in [0.3, 0.4) is 0 Å². The molecule has 0 bridgehead atoms. The molecule has 1 saturated heterocycles. The van der Waals surface area contributed by atoms with E-state index in [0.717, 1.165) is 31.6 Å². The Morgan fingerprint density at radius 1 is 1.40 bits per heavy atom. The summed E-state index contributed by atoms with van der Waals surface area (Å²) in [7, 11) is 0. The second kappa shape index (κ2) is 7.69. The van der Waals surface area contributed by atoms with Gasteiger partial charge in [-0.25, -0.2) is 4.98 Å². The lowest BCUT2D eigenvalue weighted by Crippen LogP contribution is -2.43. The summed E-state index contributed by atoms with van der Waals surface area (Å²) in [6.45, 7) is 4.24. The molecule has 1 radical (unpaired) electrons. The number of carbonyl (C=O) groups excluding carboxylic acids is 1. The topological polar surface area (TPSA) is 61.2 Å². The standard InChI is InChI=1S/C14H22N3O2S/c1-13-15-6-8-16(13)7-4-2-3-5-14(18)17-9-11-20(19)12-10-17/h8H,2-5,7,9-12H2,1H3. The van der Waals surface area contributed by atoms with Crippen LogP contribution >= 0.6 is 0 Å². The molecule has 0 unspecified atom stereocenters. The lowest BCUT2D eigenvalue weighted by molar-refractivity contribution is -0.131. The van der Waals surface area contributed by atoms with Gasteiger partial charge in [-0.2, -0.15) is 0 Å². The van der Waals surface area contributed by atoms with E-state index >= 15 is 0 Å². The number of nitrogens with zero attached hydrogens (tertiary/aromatic N) is 3. The molecule has 5 nitrogen and oxygen atoms in total. The molecule has 1 aromatic rings. The molecule has 0 atom stereocenters. The van der Waals surface area contributed by atoms with E-state index in [2.05, 4.69) is 15.7 Å². The van der Waals surface area contributed by atoms with Gasteiger partial charge in [-0.15, -0.1) is 0 Å². The predicted octanol–water partition coefficient (Wildman–Crippen LogP) is 1.14. The van der Waals surface area contributed by atoms with Gasteiger partial charge >= 0.3 is 0 Å². The number of rotatable bonds is 6. The molecule has 0 aliphatic carbocycles. The van der Waals surface area contributed by atoms with E-state index in [0.29, 0.717) is 31.0 Å². The first kappa shape index (κ1) is 15.4. The maximum atomic E-state index is 12.0. The van der Waals surface area contributed by atoms with Gasteiger partial charge in [0.05, 0.1) is 13.1 Å². The first-order valence-electron chi connectivity index (χ1n) is 7.19. The zero-order valence-corrected chi connectivity index (χ0v) is 12.8. The highest BCUT2D eigenvalue weighted by Gasteiger charge is 2.22. The minimum absolute atomic E-state index is 0.217. The summed E-state index contributed by atoms with van der Waals surface area (Å²) >= 11 is -0.711. The molecule has 1 amide bonds. The molecule has 2 heterocycles. The van der Waals surface area contributed by atoms with Crippen LogP contribution in [0.25, 0.3) is 0 Å². The molecule has 1 aliphatic heterocycles. The maximum Gasteiger partial charge on any atom is 0.222 e. The summed E-state index contributed by atoms with van der Waals surface area (Å²) in [5, 5.41) is 0. The van der Waals surface area contributed by atoms with Crippen molar-refractivity contribution in [1.82, 2.24) is 14.5 Å². The van der Waals surface area contributed by atoms with Crippen molar-refractivity contribution < 1.29 is 9.35 Å². The summed E-state index contributed by atoms with van der Waals surface area (Å²) in [4.78, 5) is 17.9. The van der Waals surface area contributed by atoms with Crippen LogP contribution in [0.5, 0.6) is 0 Å². The van der Waals surface area contributed by atoms with E-state index in [9.17, 15) is 9.35 Å². The Bertz CT molecular complexity index is 428. The smallest absolute Gasteiger partial charge is 0.222 e. The van der Waals surface area contributed by atoms with Crippen molar-refractivity contribution in [3.63, 3.8) is 0 Å². The van der Waals surface area contributed by atoms with E-state index in [1.165, 1.54) is 0 Å². The molecule has 1 aliphatic rings. The highest BCUT2D eigenvalue weighted by molar-refractivity contribution is 7.91. The fraction of sp³-hybridized carbons (Fsp3) is 0.714. The number of aromatic nitrogens is 2. The van der Waals surface area contributed by atoms with Crippen molar-refractivity contribution >= 4 is 17.1 Å². The lowest BCUT2D eigenvalue weighted by atomic mass is 10.1. The number of hydrogen-bond acceptors (Lipinski definition) is 3. The summed E-state index contributed by atoms with van der Waals surface area (Å²) in [5.74, 6) is 2.49. The van der Waals surface area contributed by atoms with Gasteiger partial charge in [-0.05, 0) is 19.8 Å². The molecular weight excluding hydrogens is 274 g/mol. The Kier molecular flexibility index (Phi) is 5.91. The molecule has 0 N–H and O–H groups in total. The molecule has 0 spiro atoms. The SMILES string of the molecule is Cc1n[c]cn1CCCCCC(=O)N1CC[S+]([O-])CC1. The second-order valence-electron chi connectivity index (χ2n) is 5.15. The van der Waals surface area contributed by atoms with Crippen LogP contribution in [-0.4, -0.2) is 49.5 Å². The molecule has 6 heteroatoms. The van der Waals surface area contributed by atoms with Crippen LogP contribution < -0.4 is 0 Å². The van der Waals surface area contributed by atoms with Crippen LogP contribution in [0, 0.1) is 13.1 Å². The zero-order valence-electron chi connectivity index (χ0n) is 12.0. The Morgan fingerprint density at radius 3 is 2.80 bits per heavy atom. The first-order valence-corrected chi connectivity index (χ1v) is 8.68. The van der Waals surface area contributed by atoms with Crippen molar-refractivity contribution in [1.29, 1.82) is 0 Å². The average molecular weight is 296 g/mol. The predicted molar refractivity (Wildman–Crippen MR) is 78.7 cm³/mol. The molecule has 1 fully saturated rings. The van der Waals surface area contributed by atoms with Gasteiger partial charge in [-0.1, -0.05) is 17.6 Å². The molecule has 111 valence electrons. The fourth-order valence-electron chi connectivity index (χ4n) is 2.36. The van der Waals surface area contributed by atoms with Gasteiger partial charge in [0, 0.05) is 19.2 Å². The van der Waals surface area contributed by atoms with Crippen LogP contribution in [0.1, 0.15) is 31.5 Å². The van der Waals surface area contributed by atoms with Crippen LogP contribution in [0.4, 0.5) is 0 Å². The number of aryl methyl sites for hydroxylation is 2. The van der Waals surface area contributed by atoms with E-state index in [1.54, 1.807) is 0 Å². The van der Waals surface area contributed by atoms with E-state index in [4.69, 9.17) is 0 Å². The molecule has 0 saturated carbocycles. The molecule has 0 aromatic carbocycles. The molecular formula is C14H22N3O2S. The van der Waals surface area contributed by atoms with Crippen LogP contribution in [0.2, 0.25) is 0 Å². The lowest BCUT2D eigenvalue weighted by Gasteiger charge is -2.28. The summed E-state index contributed by atoms with van der Waals surface area (Å²) in [6.07, 6.45) is 8.34. The number of imidazole rings is 1. The normalized spacial score (nSPS) is 16.6. The largest absolute Gasteiger partial charge is 0.616 e. The third-order valence-electron chi connectivity index (χ3n) is 3.68. The zero-order chi connectivity index (χ0) is 14.4. The summed E-state index contributed by atoms with van der Waals surface area (Å²) in [6, 6.07) is 0. The van der Waals surface area contributed by atoms with Crippen molar-refractivity contribution in [3.05, 3.63) is 18.2 Å². The van der Waals surface area contributed by atoms with Gasteiger partial charge in [0.2, 0.25) is 5.91 Å². The molecule has 1 aromatic heterocycles. The Morgan fingerprint density at radius 2 is 2.15 bits per heavy atom. The third kappa shape index (κ3) is 4.52. The minimum atomic E-state index is -0.711. The summed E-state index contributed by atoms with van der Waals surface area (Å²) in [5.41, 5.74) is 0. The van der Waals surface area contributed by atoms with Gasteiger partial charge in [0.1, 0.15) is 23.5 Å². The monoisotopic (exact) mass is 296 g/mol. The van der Waals surface area contributed by atoms with Crippen molar-refractivity contribution in [2.75, 3.05) is 24.6 Å². The van der Waals surface area contributed by atoms with Crippen LogP contribution in [-0.2, 0) is 22.5 Å². The second-order valence-corrected chi connectivity index (χ2v) is 6.85. The van der Waals surface area contributed by atoms with E-state index in [-0.39, 0.29) is 5.91 Å². The molecule has 20 heavy (non-hydrogen) atoms. The highest BCUT2D eigenvalue weighted by Crippen LogP contribution is 2.09. The van der Waals surface area contributed by atoms with Gasteiger partial charge < -0.3 is 14.0 Å². The minimum Gasteiger partial charge on any atom is -0.616 e. The van der Waals surface area contributed by atoms with E-state index in [1.807, 2.05) is 18.0 Å². The van der Waals surface area contributed by atoms with Crippen molar-refractivity contribution in [3.8, 4) is 0 Å². The number of unbranched alkanes of at least 4 members (excludes halogenated alkanes) is 2. The average Bonchev–Trinajstić information content (AvgIpc) is 2.84. The van der Waals surface area contributed by atoms with Gasteiger partial charge in [0.25, 0.3) is 0 Å². The number of carbonyl (C=O) groups is 1. The number of hydrogen-bond donors (Lipinski definition) is 0. The fourth-order valence-corrected chi connectivity index (χ4v) is 3.41. The Balaban J connectivity index is 1.57. The maximum absolute atomic E-state index is 12.0.